The van der Waals surface area contributed by atoms with Crippen molar-refractivity contribution in [3.63, 3.8) is 0 Å². The molecule has 0 saturated carbocycles. The summed E-state index contributed by atoms with van der Waals surface area (Å²) < 4.78 is 0. The van der Waals surface area contributed by atoms with E-state index in [4.69, 9.17) is 11.5 Å². The average molecular weight is 275 g/mol. The molecule has 5 N–H and O–H groups in total. The molecule has 2 aromatic rings. The van der Waals surface area contributed by atoms with Crippen LogP contribution in [0.5, 0.6) is 0 Å². The average Bonchev–Trinajstić information content (AvgIpc) is 2.87. The Bertz CT molecular complexity index is 605. The van der Waals surface area contributed by atoms with Gasteiger partial charge in [-0.05, 0) is 29.1 Å². The van der Waals surface area contributed by atoms with Gasteiger partial charge in [0.05, 0.1) is 5.56 Å². The molecule has 0 spiro atoms. The molecule has 1 aromatic heterocycles. The zero-order chi connectivity index (χ0) is 13.8. The highest BCUT2D eigenvalue weighted by atomic mass is 32.1. The molecule has 98 valence electrons. The van der Waals surface area contributed by atoms with E-state index in [1.165, 1.54) is 11.3 Å². The second kappa shape index (κ2) is 5.64. The third-order valence-corrected chi connectivity index (χ3v) is 3.44. The molecular formula is C13H13N3O2S. The number of nitrogens with one attached hydrogen (secondary N) is 1. The minimum atomic E-state index is -0.560. The van der Waals surface area contributed by atoms with Crippen LogP contribution in [0.15, 0.2) is 35.7 Å². The Balaban J connectivity index is 2.16. The predicted octanol–water partition coefficient (Wildman–Crippen LogP) is 1.56. The Morgan fingerprint density at radius 3 is 2.42 bits per heavy atom. The summed E-state index contributed by atoms with van der Waals surface area (Å²) in [4.78, 5) is 23.1. The molecule has 0 aliphatic carbocycles. The van der Waals surface area contributed by atoms with Crippen molar-refractivity contribution in [1.82, 2.24) is 0 Å². The van der Waals surface area contributed by atoms with Crippen LogP contribution in [-0.4, -0.2) is 11.8 Å². The van der Waals surface area contributed by atoms with Gasteiger partial charge in [0.25, 0.3) is 11.8 Å². The van der Waals surface area contributed by atoms with Crippen molar-refractivity contribution >= 4 is 28.2 Å². The van der Waals surface area contributed by atoms with E-state index >= 15 is 0 Å². The van der Waals surface area contributed by atoms with Crippen LogP contribution in [0.2, 0.25) is 0 Å². The standard InChI is InChI=1S/C13H13N3O2S/c14-7-8-1-3-9(4-2-8)12(18)16-13-10(11(15)17)5-6-19-13/h1-6H,7,14H2,(H2,15,17)(H,16,18). The summed E-state index contributed by atoms with van der Waals surface area (Å²) in [5.74, 6) is -0.844. The van der Waals surface area contributed by atoms with E-state index in [1.807, 2.05) is 0 Å². The van der Waals surface area contributed by atoms with Crippen molar-refractivity contribution in [2.24, 2.45) is 11.5 Å². The smallest absolute Gasteiger partial charge is 0.256 e. The topological polar surface area (TPSA) is 98.2 Å². The number of hydrogen-bond acceptors (Lipinski definition) is 4. The van der Waals surface area contributed by atoms with Crippen LogP contribution >= 0.6 is 11.3 Å². The number of nitrogens with two attached hydrogens (primary N) is 2. The van der Waals surface area contributed by atoms with Crippen molar-refractivity contribution in [2.75, 3.05) is 5.32 Å². The van der Waals surface area contributed by atoms with Crippen LogP contribution < -0.4 is 16.8 Å². The van der Waals surface area contributed by atoms with Crippen molar-refractivity contribution in [1.29, 1.82) is 0 Å². The molecule has 2 rings (SSSR count). The molecule has 0 unspecified atom stereocenters. The van der Waals surface area contributed by atoms with Gasteiger partial charge < -0.3 is 16.8 Å². The fraction of sp³-hybridized carbons (Fsp3) is 0.0769. The van der Waals surface area contributed by atoms with Crippen LogP contribution in [0.25, 0.3) is 0 Å². The maximum atomic E-state index is 12.0. The second-order valence-corrected chi connectivity index (χ2v) is 4.80. The molecule has 0 saturated heterocycles. The molecule has 0 bridgehead atoms. The third-order valence-electron chi connectivity index (χ3n) is 2.61. The first kappa shape index (κ1) is 13.3. The maximum Gasteiger partial charge on any atom is 0.256 e. The summed E-state index contributed by atoms with van der Waals surface area (Å²) in [6, 6.07) is 8.54. The van der Waals surface area contributed by atoms with Gasteiger partial charge in [0.2, 0.25) is 0 Å². The number of thiophene rings is 1. The summed E-state index contributed by atoms with van der Waals surface area (Å²) in [6.45, 7) is 0.429. The van der Waals surface area contributed by atoms with Gasteiger partial charge in [0, 0.05) is 12.1 Å². The summed E-state index contributed by atoms with van der Waals surface area (Å²) in [5.41, 5.74) is 12.5. The number of amides is 2. The van der Waals surface area contributed by atoms with E-state index in [1.54, 1.807) is 35.7 Å². The lowest BCUT2D eigenvalue weighted by Crippen LogP contribution is -2.16. The van der Waals surface area contributed by atoms with E-state index < -0.39 is 5.91 Å². The number of primary amides is 1. The minimum Gasteiger partial charge on any atom is -0.366 e. The number of carbonyl (C=O) groups excluding carboxylic acids is 2. The monoisotopic (exact) mass is 275 g/mol. The van der Waals surface area contributed by atoms with Gasteiger partial charge in [0.15, 0.2) is 0 Å². The highest BCUT2D eigenvalue weighted by Crippen LogP contribution is 2.23. The molecule has 1 aromatic carbocycles. The first-order valence-electron chi connectivity index (χ1n) is 5.59. The van der Waals surface area contributed by atoms with E-state index in [-0.39, 0.29) is 5.91 Å². The number of anilines is 1. The van der Waals surface area contributed by atoms with E-state index in [2.05, 4.69) is 5.32 Å². The van der Waals surface area contributed by atoms with Gasteiger partial charge in [0.1, 0.15) is 5.00 Å². The Kier molecular flexibility index (Phi) is 3.94. The number of carbonyl (C=O) groups is 2. The van der Waals surface area contributed by atoms with E-state index in [9.17, 15) is 9.59 Å². The lowest BCUT2D eigenvalue weighted by atomic mass is 10.1. The molecule has 0 atom stereocenters. The van der Waals surface area contributed by atoms with Crippen molar-refractivity contribution in [2.45, 2.75) is 6.54 Å². The molecule has 1 heterocycles. The fourth-order valence-electron chi connectivity index (χ4n) is 1.57. The lowest BCUT2D eigenvalue weighted by molar-refractivity contribution is 0.100. The highest BCUT2D eigenvalue weighted by molar-refractivity contribution is 7.14. The molecular weight excluding hydrogens is 262 g/mol. The third kappa shape index (κ3) is 2.98. The summed E-state index contributed by atoms with van der Waals surface area (Å²) in [7, 11) is 0. The first-order chi connectivity index (χ1) is 9.11. The minimum absolute atomic E-state index is 0.284. The quantitative estimate of drug-likeness (QED) is 0.789. The van der Waals surface area contributed by atoms with Gasteiger partial charge >= 0.3 is 0 Å². The molecule has 0 aliphatic heterocycles. The van der Waals surface area contributed by atoms with Crippen LogP contribution in [-0.2, 0) is 6.54 Å². The number of rotatable bonds is 4. The maximum absolute atomic E-state index is 12.0. The van der Waals surface area contributed by atoms with Crippen molar-refractivity contribution in [3.05, 3.63) is 52.4 Å². The lowest BCUT2D eigenvalue weighted by Gasteiger charge is -2.05. The van der Waals surface area contributed by atoms with E-state index in [0.29, 0.717) is 22.7 Å². The largest absolute Gasteiger partial charge is 0.366 e. The molecule has 6 heteroatoms. The van der Waals surface area contributed by atoms with Gasteiger partial charge in [-0.15, -0.1) is 11.3 Å². The van der Waals surface area contributed by atoms with Crippen LogP contribution in [0.4, 0.5) is 5.00 Å². The SMILES string of the molecule is NCc1ccc(C(=O)Nc2sccc2C(N)=O)cc1. The number of benzene rings is 1. The Hall–Kier alpha value is -2.18. The Morgan fingerprint density at radius 1 is 1.16 bits per heavy atom. The fourth-order valence-corrected chi connectivity index (χ4v) is 2.36. The van der Waals surface area contributed by atoms with Crippen LogP contribution in [0.3, 0.4) is 0 Å². The zero-order valence-electron chi connectivity index (χ0n) is 10.1. The Morgan fingerprint density at radius 2 is 1.84 bits per heavy atom. The molecule has 5 nitrogen and oxygen atoms in total. The predicted molar refractivity (Wildman–Crippen MR) is 75.1 cm³/mol. The van der Waals surface area contributed by atoms with Gasteiger partial charge in [-0.25, -0.2) is 0 Å². The molecule has 0 aliphatic rings. The summed E-state index contributed by atoms with van der Waals surface area (Å²) in [6.07, 6.45) is 0. The summed E-state index contributed by atoms with van der Waals surface area (Å²) >= 11 is 1.26. The normalized spacial score (nSPS) is 10.2. The van der Waals surface area contributed by atoms with Gasteiger partial charge in [-0.1, -0.05) is 12.1 Å². The van der Waals surface area contributed by atoms with Crippen LogP contribution in [0.1, 0.15) is 26.3 Å². The Labute approximate surface area is 114 Å². The van der Waals surface area contributed by atoms with Gasteiger partial charge in [-0.3, -0.25) is 9.59 Å². The second-order valence-electron chi connectivity index (χ2n) is 3.88. The summed E-state index contributed by atoms with van der Waals surface area (Å²) in [5, 5.41) is 4.83. The van der Waals surface area contributed by atoms with E-state index in [0.717, 1.165) is 5.56 Å². The van der Waals surface area contributed by atoms with Gasteiger partial charge in [-0.2, -0.15) is 0 Å². The molecule has 0 fully saturated rings. The zero-order valence-corrected chi connectivity index (χ0v) is 10.9. The molecule has 19 heavy (non-hydrogen) atoms. The molecule has 0 radical (unpaired) electrons. The van der Waals surface area contributed by atoms with Crippen LogP contribution in [0, 0.1) is 0 Å². The van der Waals surface area contributed by atoms with Crippen molar-refractivity contribution in [3.8, 4) is 0 Å². The molecule has 2 amide bonds. The van der Waals surface area contributed by atoms with Crippen molar-refractivity contribution < 1.29 is 9.59 Å². The number of hydrogen-bond donors (Lipinski definition) is 3. The first-order valence-corrected chi connectivity index (χ1v) is 6.47. The highest BCUT2D eigenvalue weighted by Gasteiger charge is 2.13.